The van der Waals surface area contributed by atoms with E-state index in [-0.39, 0.29) is 11.5 Å². The Morgan fingerprint density at radius 2 is 2.04 bits per heavy atom. The van der Waals surface area contributed by atoms with Crippen LogP contribution in [0, 0.1) is 17.3 Å². The fourth-order valence-electron chi connectivity index (χ4n) is 4.93. The first-order chi connectivity index (χ1) is 10.9. The van der Waals surface area contributed by atoms with Crippen LogP contribution in [0.25, 0.3) is 0 Å². The number of aryl methyl sites for hydroxylation is 1. The van der Waals surface area contributed by atoms with Crippen molar-refractivity contribution in [3.05, 3.63) is 23.3 Å². The van der Waals surface area contributed by atoms with E-state index in [0.717, 1.165) is 30.8 Å². The number of aliphatic hydroxyl groups excluding tert-OH is 1. The van der Waals surface area contributed by atoms with E-state index in [1.54, 1.807) is 7.11 Å². The van der Waals surface area contributed by atoms with Gasteiger partial charge in [-0.15, -0.1) is 0 Å². The second kappa shape index (κ2) is 6.26. The molecule has 6 atom stereocenters. The predicted octanol–water partition coefficient (Wildman–Crippen LogP) is 4.33. The third-order valence-corrected chi connectivity index (χ3v) is 7.10. The first kappa shape index (κ1) is 17.0. The van der Waals surface area contributed by atoms with Gasteiger partial charge in [0.2, 0.25) is 0 Å². The zero-order valence-electron chi connectivity index (χ0n) is 14.6. The van der Waals surface area contributed by atoms with Crippen LogP contribution in [0.1, 0.15) is 57.1 Å². The molecule has 3 rings (SSSR count). The van der Waals surface area contributed by atoms with Crippen LogP contribution in [0.4, 0.5) is 0 Å². The van der Waals surface area contributed by atoms with Gasteiger partial charge < -0.3 is 14.4 Å². The van der Waals surface area contributed by atoms with Crippen LogP contribution in [-0.2, 0) is 6.42 Å². The van der Waals surface area contributed by atoms with Crippen LogP contribution in [0.3, 0.4) is 0 Å². The Balaban J connectivity index is 1.97. The van der Waals surface area contributed by atoms with E-state index in [1.807, 2.05) is 6.92 Å². The van der Waals surface area contributed by atoms with Gasteiger partial charge in [0.15, 0.2) is 11.5 Å². The van der Waals surface area contributed by atoms with E-state index in [9.17, 15) is 5.11 Å². The summed E-state index contributed by atoms with van der Waals surface area (Å²) in [6.07, 6.45) is 4.26. The van der Waals surface area contributed by atoms with Crippen LogP contribution < -0.4 is 9.26 Å². The highest BCUT2D eigenvalue weighted by atomic mass is 31.0. The molecule has 4 heteroatoms. The molecule has 5 unspecified atom stereocenters. The lowest BCUT2D eigenvalue weighted by atomic mass is 9.54. The van der Waals surface area contributed by atoms with Crippen molar-refractivity contribution < 1.29 is 14.4 Å². The summed E-state index contributed by atoms with van der Waals surface area (Å²) >= 11 is 0. The molecule has 0 aliphatic heterocycles. The standard InChI is InChI=1S/C19H29O3P/c1-11-14-6-5-13-9-18(22-23)17(21-4)10-16(13)15(14)7-8-19(11,3)12(2)20/h9-12,14-15,20H,5-8,23H2,1-4H3/t11?,12?,14?,15?,19-/m0/s1. The number of hydrogen-bond acceptors (Lipinski definition) is 3. The SMILES string of the molecule is COc1cc2c(cc1OP)CCC1C2CC[C@](C)(C(C)O)C1C. The van der Waals surface area contributed by atoms with Crippen molar-refractivity contribution >= 4 is 9.47 Å². The van der Waals surface area contributed by atoms with Gasteiger partial charge in [-0.1, -0.05) is 13.8 Å². The number of fused-ring (bicyclic) bond motifs is 3. The smallest absolute Gasteiger partial charge is 0.164 e. The van der Waals surface area contributed by atoms with Crippen molar-refractivity contribution in [2.75, 3.05) is 7.11 Å². The number of rotatable bonds is 3. The van der Waals surface area contributed by atoms with Gasteiger partial charge in [-0.2, -0.15) is 0 Å². The fourth-order valence-corrected chi connectivity index (χ4v) is 5.11. The minimum Gasteiger partial charge on any atom is -0.493 e. The number of hydrogen-bond donors (Lipinski definition) is 1. The summed E-state index contributed by atoms with van der Waals surface area (Å²) in [5.41, 5.74) is 2.87. The summed E-state index contributed by atoms with van der Waals surface area (Å²) in [5, 5.41) is 10.3. The molecular formula is C19H29O3P. The van der Waals surface area contributed by atoms with Gasteiger partial charge in [-0.3, -0.25) is 0 Å². The molecule has 2 aliphatic rings. The van der Waals surface area contributed by atoms with Crippen molar-refractivity contribution in [1.82, 2.24) is 0 Å². The lowest BCUT2D eigenvalue weighted by Gasteiger charge is -2.52. The van der Waals surface area contributed by atoms with Crippen molar-refractivity contribution in [2.24, 2.45) is 17.3 Å². The number of benzene rings is 1. The fraction of sp³-hybridized carbons (Fsp3) is 0.684. The lowest BCUT2D eigenvalue weighted by molar-refractivity contribution is -0.0520. The van der Waals surface area contributed by atoms with Gasteiger partial charge in [0, 0.05) is 0 Å². The summed E-state index contributed by atoms with van der Waals surface area (Å²) in [6.45, 7) is 6.56. The van der Waals surface area contributed by atoms with Crippen LogP contribution in [0.15, 0.2) is 12.1 Å². The van der Waals surface area contributed by atoms with Crippen molar-refractivity contribution in [2.45, 2.75) is 58.5 Å². The highest BCUT2D eigenvalue weighted by Crippen LogP contribution is 2.56. The van der Waals surface area contributed by atoms with Crippen LogP contribution >= 0.6 is 9.47 Å². The first-order valence-electron chi connectivity index (χ1n) is 8.68. The molecule has 0 heterocycles. The van der Waals surface area contributed by atoms with Gasteiger partial charge in [-0.25, -0.2) is 0 Å². The molecule has 0 aromatic heterocycles. The Kier molecular flexibility index (Phi) is 4.64. The van der Waals surface area contributed by atoms with E-state index < -0.39 is 0 Å². The number of aliphatic hydroxyl groups is 1. The highest BCUT2D eigenvalue weighted by Gasteiger charge is 2.48. The lowest BCUT2D eigenvalue weighted by Crippen LogP contribution is -2.46. The molecule has 0 bridgehead atoms. The molecule has 128 valence electrons. The molecule has 1 N–H and O–H groups in total. The quantitative estimate of drug-likeness (QED) is 0.835. The topological polar surface area (TPSA) is 38.7 Å². The number of methoxy groups -OCH3 is 1. The third kappa shape index (κ3) is 2.66. The summed E-state index contributed by atoms with van der Waals surface area (Å²) in [7, 11) is 4.01. The van der Waals surface area contributed by atoms with Crippen molar-refractivity contribution in [3.63, 3.8) is 0 Å². The summed E-state index contributed by atoms with van der Waals surface area (Å²) in [5.74, 6) is 3.36. The normalized spacial score (nSPS) is 34.3. The van der Waals surface area contributed by atoms with E-state index >= 15 is 0 Å². The maximum absolute atomic E-state index is 10.3. The maximum atomic E-state index is 10.3. The molecule has 1 aromatic carbocycles. The Hall–Kier alpha value is -0.790. The molecule has 1 fully saturated rings. The zero-order chi connectivity index (χ0) is 16.8. The average molecular weight is 336 g/mol. The van der Waals surface area contributed by atoms with E-state index in [4.69, 9.17) is 9.26 Å². The van der Waals surface area contributed by atoms with E-state index in [1.165, 1.54) is 17.5 Å². The average Bonchev–Trinajstić information content (AvgIpc) is 2.56. The van der Waals surface area contributed by atoms with Gasteiger partial charge >= 0.3 is 0 Å². The minimum atomic E-state index is -0.248. The third-order valence-electron chi connectivity index (χ3n) is 6.85. The Labute approximate surface area is 142 Å². The van der Waals surface area contributed by atoms with Gasteiger partial charge in [0.1, 0.15) is 0 Å². The second-order valence-corrected chi connectivity index (χ2v) is 7.87. The maximum Gasteiger partial charge on any atom is 0.164 e. The highest BCUT2D eigenvalue weighted by molar-refractivity contribution is 7.10. The van der Waals surface area contributed by atoms with Crippen LogP contribution in [0.5, 0.6) is 11.5 Å². The van der Waals surface area contributed by atoms with Crippen molar-refractivity contribution in [1.29, 1.82) is 0 Å². The van der Waals surface area contributed by atoms with Gasteiger partial charge in [-0.05, 0) is 79.0 Å². The largest absolute Gasteiger partial charge is 0.493 e. The number of ether oxygens (including phenoxy) is 1. The molecule has 0 radical (unpaired) electrons. The molecule has 2 aliphatic carbocycles. The van der Waals surface area contributed by atoms with E-state index in [2.05, 4.69) is 35.4 Å². The van der Waals surface area contributed by atoms with Crippen LogP contribution in [-0.4, -0.2) is 18.3 Å². The molecule has 1 saturated carbocycles. The zero-order valence-corrected chi connectivity index (χ0v) is 15.8. The van der Waals surface area contributed by atoms with Crippen LogP contribution in [0.2, 0.25) is 0 Å². The Bertz CT molecular complexity index is 586. The molecule has 1 aromatic rings. The first-order valence-corrected chi connectivity index (χ1v) is 9.15. The molecule has 23 heavy (non-hydrogen) atoms. The minimum absolute atomic E-state index is 0.0336. The summed E-state index contributed by atoms with van der Waals surface area (Å²) < 4.78 is 10.9. The molecule has 0 saturated heterocycles. The van der Waals surface area contributed by atoms with Gasteiger partial charge in [0.05, 0.1) is 22.7 Å². The summed E-state index contributed by atoms with van der Waals surface area (Å²) in [4.78, 5) is 0. The predicted molar refractivity (Wildman–Crippen MR) is 96.1 cm³/mol. The molecule has 3 nitrogen and oxygen atoms in total. The van der Waals surface area contributed by atoms with E-state index in [0.29, 0.717) is 17.8 Å². The Morgan fingerprint density at radius 3 is 2.65 bits per heavy atom. The summed E-state index contributed by atoms with van der Waals surface area (Å²) in [6, 6.07) is 4.33. The van der Waals surface area contributed by atoms with Gasteiger partial charge in [0.25, 0.3) is 0 Å². The molecule has 0 amide bonds. The second-order valence-electron chi connectivity index (χ2n) is 7.64. The monoisotopic (exact) mass is 336 g/mol. The molecular weight excluding hydrogens is 307 g/mol. The van der Waals surface area contributed by atoms with Crippen molar-refractivity contribution in [3.8, 4) is 11.5 Å². The molecule has 0 spiro atoms. The Morgan fingerprint density at radius 1 is 1.30 bits per heavy atom.